The summed E-state index contributed by atoms with van der Waals surface area (Å²) in [5, 5.41) is 5.30. The van der Waals surface area contributed by atoms with E-state index in [1.54, 1.807) is 6.07 Å². The van der Waals surface area contributed by atoms with Crippen LogP contribution in [0.1, 0.15) is 5.56 Å². The summed E-state index contributed by atoms with van der Waals surface area (Å²) in [5.41, 5.74) is 5.59. The number of aromatic nitrogens is 2. The molecule has 0 atom stereocenters. The molecule has 10 heteroatoms. The third kappa shape index (κ3) is 4.04. The zero-order valence-corrected chi connectivity index (χ0v) is 11.0. The Hall–Kier alpha value is -2.91. The van der Waals surface area contributed by atoms with E-state index in [2.05, 4.69) is 25.2 Å². The van der Waals surface area contributed by atoms with Gasteiger partial charge in [0.15, 0.2) is 11.5 Å². The van der Waals surface area contributed by atoms with Crippen molar-refractivity contribution in [1.29, 1.82) is 0 Å². The molecule has 0 saturated carbocycles. The van der Waals surface area contributed by atoms with E-state index in [9.17, 15) is 18.1 Å². The highest BCUT2D eigenvalue weighted by Gasteiger charge is 2.31. The molecule has 0 unspecified atom stereocenters. The second kappa shape index (κ2) is 6.24. The number of nitroso groups, excluding NO2 is 1. The average Bonchev–Trinajstić information content (AvgIpc) is 2.45. The van der Waals surface area contributed by atoms with E-state index in [1.165, 1.54) is 18.2 Å². The van der Waals surface area contributed by atoms with Gasteiger partial charge in [0, 0.05) is 12.1 Å². The van der Waals surface area contributed by atoms with Crippen LogP contribution in [-0.4, -0.2) is 16.3 Å². The molecule has 0 aliphatic heterocycles. The number of halogens is 3. The van der Waals surface area contributed by atoms with Gasteiger partial charge >= 0.3 is 6.36 Å². The maximum atomic E-state index is 12.3. The van der Waals surface area contributed by atoms with Crippen LogP contribution in [0.5, 0.6) is 5.75 Å². The number of rotatable bonds is 5. The average molecular weight is 313 g/mol. The number of hydrogen-bond donors (Lipinski definition) is 2. The van der Waals surface area contributed by atoms with Crippen molar-refractivity contribution in [2.75, 3.05) is 11.1 Å². The molecule has 0 aliphatic carbocycles. The van der Waals surface area contributed by atoms with Crippen molar-refractivity contribution >= 4 is 17.5 Å². The SMILES string of the molecule is Nc1nc(NCc2ccccc2OC(F)(F)F)ncc1N=O. The molecule has 2 aromatic rings. The molecule has 1 aromatic carbocycles. The van der Waals surface area contributed by atoms with Gasteiger partial charge in [-0.2, -0.15) is 4.98 Å². The van der Waals surface area contributed by atoms with Gasteiger partial charge in [-0.25, -0.2) is 4.98 Å². The van der Waals surface area contributed by atoms with E-state index in [0.717, 1.165) is 6.20 Å². The monoisotopic (exact) mass is 313 g/mol. The predicted molar refractivity (Wildman–Crippen MR) is 72.4 cm³/mol. The Morgan fingerprint density at radius 1 is 1.32 bits per heavy atom. The number of ether oxygens (including phenoxy) is 1. The van der Waals surface area contributed by atoms with Crippen molar-refractivity contribution in [3.05, 3.63) is 40.9 Å². The van der Waals surface area contributed by atoms with Crippen molar-refractivity contribution in [3.63, 3.8) is 0 Å². The number of nitrogens with one attached hydrogen (secondary N) is 1. The lowest BCUT2D eigenvalue weighted by atomic mass is 10.2. The molecular formula is C12H10F3N5O2. The van der Waals surface area contributed by atoms with E-state index in [-0.39, 0.29) is 35.3 Å². The summed E-state index contributed by atoms with van der Waals surface area (Å²) in [7, 11) is 0. The molecule has 0 radical (unpaired) electrons. The van der Waals surface area contributed by atoms with Gasteiger partial charge in [-0.1, -0.05) is 18.2 Å². The highest BCUT2D eigenvalue weighted by molar-refractivity contribution is 5.57. The summed E-state index contributed by atoms with van der Waals surface area (Å²) in [6, 6.07) is 5.64. The second-order valence-corrected chi connectivity index (χ2v) is 4.06. The van der Waals surface area contributed by atoms with Crippen LogP contribution in [0.25, 0.3) is 0 Å². The molecule has 0 aliphatic rings. The number of nitrogens with two attached hydrogens (primary N) is 1. The maximum Gasteiger partial charge on any atom is 0.573 e. The van der Waals surface area contributed by atoms with Gasteiger partial charge in [-0.3, -0.25) is 0 Å². The van der Waals surface area contributed by atoms with Crippen LogP contribution in [-0.2, 0) is 6.54 Å². The molecule has 0 fully saturated rings. The van der Waals surface area contributed by atoms with Crippen LogP contribution in [0.3, 0.4) is 0 Å². The number of para-hydroxylation sites is 1. The molecule has 7 nitrogen and oxygen atoms in total. The van der Waals surface area contributed by atoms with E-state index in [0.29, 0.717) is 0 Å². The van der Waals surface area contributed by atoms with E-state index in [4.69, 9.17) is 5.73 Å². The number of benzene rings is 1. The molecule has 0 amide bonds. The predicted octanol–water partition coefficient (Wildman–Crippen LogP) is 2.97. The van der Waals surface area contributed by atoms with Crippen LogP contribution in [0.15, 0.2) is 35.6 Å². The second-order valence-electron chi connectivity index (χ2n) is 4.06. The number of nitrogen functional groups attached to an aromatic ring is 1. The molecule has 116 valence electrons. The van der Waals surface area contributed by atoms with Crippen molar-refractivity contribution in [1.82, 2.24) is 9.97 Å². The van der Waals surface area contributed by atoms with Crippen molar-refractivity contribution < 1.29 is 17.9 Å². The summed E-state index contributed by atoms with van der Waals surface area (Å²) in [6.07, 6.45) is -3.68. The van der Waals surface area contributed by atoms with Gasteiger partial charge in [0.05, 0.1) is 6.20 Å². The lowest BCUT2D eigenvalue weighted by molar-refractivity contribution is -0.274. The summed E-state index contributed by atoms with van der Waals surface area (Å²) < 4.78 is 40.8. The molecule has 3 N–H and O–H groups in total. The van der Waals surface area contributed by atoms with Crippen LogP contribution >= 0.6 is 0 Å². The fraction of sp³-hybridized carbons (Fsp3) is 0.167. The largest absolute Gasteiger partial charge is 0.573 e. The smallest absolute Gasteiger partial charge is 0.405 e. The van der Waals surface area contributed by atoms with Crippen LogP contribution < -0.4 is 15.8 Å². The maximum absolute atomic E-state index is 12.3. The summed E-state index contributed by atoms with van der Waals surface area (Å²) in [6.45, 7) is -0.0282. The van der Waals surface area contributed by atoms with Crippen LogP contribution in [0.2, 0.25) is 0 Å². The summed E-state index contributed by atoms with van der Waals surface area (Å²) in [5.74, 6) is -0.416. The quantitative estimate of drug-likeness (QED) is 0.823. The fourth-order valence-corrected chi connectivity index (χ4v) is 1.59. The highest BCUT2D eigenvalue weighted by Crippen LogP contribution is 2.27. The lowest BCUT2D eigenvalue weighted by Gasteiger charge is -2.13. The van der Waals surface area contributed by atoms with Gasteiger partial charge in [0.25, 0.3) is 0 Å². The zero-order chi connectivity index (χ0) is 16.2. The van der Waals surface area contributed by atoms with E-state index in [1.807, 2.05) is 0 Å². The first kappa shape index (κ1) is 15.5. The van der Waals surface area contributed by atoms with Gasteiger partial charge in [0.2, 0.25) is 5.95 Å². The van der Waals surface area contributed by atoms with E-state index >= 15 is 0 Å². The highest BCUT2D eigenvalue weighted by atomic mass is 19.4. The van der Waals surface area contributed by atoms with Crippen molar-refractivity contribution in [2.24, 2.45) is 5.18 Å². The first-order chi connectivity index (χ1) is 10.4. The lowest BCUT2D eigenvalue weighted by Crippen LogP contribution is -2.18. The van der Waals surface area contributed by atoms with E-state index < -0.39 is 6.36 Å². The summed E-state index contributed by atoms with van der Waals surface area (Å²) in [4.78, 5) is 17.9. The Balaban J connectivity index is 2.11. The Kier molecular flexibility index (Phi) is 4.39. The van der Waals surface area contributed by atoms with Crippen molar-refractivity contribution in [2.45, 2.75) is 12.9 Å². The normalized spacial score (nSPS) is 11.0. The van der Waals surface area contributed by atoms with Gasteiger partial charge in [0.1, 0.15) is 5.75 Å². The van der Waals surface area contributed by atoms with Gasteiger partial charge < -0.3 is 15.8 Å². The Morgan fingerprint density at radius 3 is 2.68 bits per heavy atom. The minimum absolute atomic E-state index is 0.0282. The molecule has 0 bridgehead atoms. The topological polar surface area (TPSA) is 102 Å². The third-order valence-corrected chi connectivity index (χ3v) is 2.53. The Labute approximate surface area is 122 Å². The van der Waals surface area contributed by atoms with Crippen LogP contribution in [0, 0.1) is 4.91 Å². The molecular weight excluding hydrogens is 303 g/mol. The van der Waals surface area contributed by atoms with Crippen LogP contribution in [0.4, 0.5) is 30.6 Å². The minimum atomic E-state index is -4.78. The molecule has 0 saturated heterocycles. The zero-order valence-electron chi connectivity index (χ0n) is 11.0. The molecule has 1 heterocycles. The molecule has 22 heavy (non-hydrogen) atoms. The number of nitrogens with zero attached hydrogens (tertiary/aromatic N) is 3. The Morgan fingerprint density at radius 2 is 2.05 bits per heavy atom. The fourth-order valence-electron chi connectivity index (χ4n) is 1.59. The Bertz CT molecular complexity index is 678. The molecule has 0 spiro atoms. The first-order valence-electron chi connectivity index (χ1n) is 5.92. The minimum Gasteiger partial charge on any atom is -0.405 e. The van der Waals surface area contributed by atoms with Crippen molar-refractivity contribution in [3.8, 4) is 5.75 Å². The molecule has 1 aromatic heterocycles. The van der Waals surface area contributed by atoms with Gasteiger partial charge in [-0.05, 0) is 11.2 Å². The standard InChI is InChI=1S/C12H10F3N5O2/c13-12(14,15)22-9-4-2-1-3-7(9)5-17-11-18-6-8(20-21)10(16)19-11/h1-4,6H,5H2,(H3,16,17,18,19). The number of hydrogen-bond acceptors (Lipinski definition) is 7. The third-order valence-electron chi connectivity index (χ3n) is 2.53. The number of anilines is 2. The first-order valence-corrected chi connectivity index (χ1v) is 5.92. The number of alkyl halides is 3. The molecule has 2 rings (SSSR count). The summed E-state index contributed by atoms with van der Waals surface area (Å²) >= 11 is 0. The van der Waals surface area contributed by atoms with Gasteiger partial charge in [-0.15, -0.1) is 18.1 Å².